The maximum absolute atomic E-state index is 13.7. The quantitative estimate of drug-likeness (QED) is 0.650. The highest BCUT2D eigenvalue weighted by molar-refractivity contribution is 5.83. The van der Waals surface area contributed by atoms with Crippen LogP contribution < -0.4 is 4.74 Å². The van der Waals surface area contributed by atoms with Crippen molar-refractivity contribution in [3.05, 3.63) is 71.8 Å². The van der Waals surface area contributed by atoms with Gasteiger partial charge in [-0.2, -0.15) is 0 Å². The fourth-order valence-electron chi connectivity index (χ4n) is 7.74. The van der Waals surface area contributed by atoms with E-state index in [0.29, 0.717) is 25.0 Å². The number of nitrogens with zero attached hydrogens (tertiary/aromatic N) is 2. The number of carbonyl (C=O) groups excluding carboxylic acids is 1. The minimum absolute atomic E-state index is 0.0449. The number of aliphatic hydroxyl groups is 1. The Labute approximate surface area is 206 Å². The fourth-order valence-corrected chi connectivity index (χ4v) is 7.74. The predicted molar refractivity (Wildman–Crippen MR) is 134 cm³/mol. The molecular weight excluding hydrogens is 440 g/mol. The summed E-state index contributed by atoms with van der Waals surface area (Å²) in [4.78, 5) is 17.9. The van der Waals surface area contributed by atoms with Crippen LogP contribution in [0, 0.1) is 0 Å². The maximum atomic E-state index is 13.7. The van der Waals surface area contributed by atoms with Gasteiger partial charge in [0.05, 0.1) is 23.0 Å². The molecule has 0 aromatic heterocycles. The summed E-state index contributed by atoms with van der Waals surface area (Å²) in [5.41, 5.74) is 1.46. The molecule has 6 nitrogen and oxygen atoms in total. The highest BCUT2D eigenvalue weighted by Gasteiger charge is 2.73. The minimum atomic E-state index is -0.990. The summed E-state index contributed by atoms with van der Waals surface area (Å²) in [7, 11) is 1.87. The first-order valence-electron chi connectivity index (χ1n) is 12.7. The molecule has 2 aliphatic carbocycles. The van der Waals surface area contributed by atoms with Crippen LogP contribution in [0.3, 0.4) is 0 Å². The summed E-state index contributed by atoms with van der Waals surface area (Å²) in [6, 6.07) is 13.3. The van der Waals surface area contributed by atoms with Crippen molar-refractivity contribution in [1.29, 1.82) is 0 Å². The van der Waals surface area contributed by atoms with Gasteiger partial charge >= 0.3 is 0 Å². The Kier molecular flexibility index (Phi) is 5.07. The molecule has 35 heavy (non-hydrogen) atoms. The van der Waals surface area contributed by atoms with Crippen LogP contribution in [0.2, 0.25) is 0 Å². The van der Waals surface area contributed by atoms with Gasteiger partial charge in [-0.05, 0) is 56.3 Å². The van der Waals surface area contributed by atoms with E-state index in [9.17, 15) is 15.0 Å². The first-order chi connectivity index (χ1) is 16.8. The standard InChI is InChI=1S/C29H34N2O4/c1-4-15-31-16-14-28-24-20-10-11-22(32)25(24)35-26(28)21(12-13-29(28,34)23(31)17-20)30(3)27(33)18(2)19-8-6-5-7-9-19/h4-11,18,21,23,26,32,34H,1,12-17H2,2-3H3/t18-,21+,23+,26-,28-,29+/m0/s1. The molecule has 1 saturated carbocycles. The number of phenols is 1. The lowest BCUT2D eigenvalue weighted by atomic mass is 9.48. The third-order valence-corrected chi connectivity index (χ3v) is 9.42. The molecule has 0 unspecified atom stereocenters. The van der Waals surface area contributed by atoms with E-state index in [-0.39, 0.29) is 29.7 Å². The Bertz CT molecular complexity index is 1180. The number of rotatable bonds is 5. The van der Waals surface area contributed by atoms with Crippen molar-refractivity contribution in [2.24, 2.45) is 0 Å². The summed E-state index contributed by atoms with van der Waals surface area (Å²) in [6.07, 6.45) is 4.17. The van der Waals surface area contributed by atoms with Gasteiger partial charge in [-0.1, -0.05) is 42.5 Å². The maximum Gasteiger partial charge on any atom is 0.229 e. The van der Waals surface area contributed by atoms with E-state index in [4.69, 9.17) is 4.74 Å². The first-order valence-corrected chi connectivity index (χ1v) is 12.7. The minimum Gasteiger partial charge on any atom is -0.504 e. The topological polar surface area (TPSA) is 73.2 Å². The van der Waals surface area contributed by atoms with Gasteiger partial charge in [-0.15, -0.1) is 6.58 Å². The molecule has 1 saturated heterocycles. The lowest BCUT2D eigenvalue weighted by molar-refractivity contribution is -0.198. The van der Waals surface area contributed by atoms with Gasteiger partial charge in [0.2, 0.25) is 5.91 Å². The molecule has 0 radical (unpaired) electrons. The number of piperidine rings is 1. The number of hydrogen-bond donors (Lipinski definition) is 2. The first kappa shape index (κ1) is 22.6. The molecule has 6 atom stereocenters. The van der Waals surface area contributed by atoms with E-state index in [0.717, 1.165) is 36.2 Å². The van der Waals surface area contributed by atoms with E-state index in [1.54, 1.807) is 6.07 Å². The number of benzene rings is 2. The molecule has 2 heterocycles. The Hall–Kier alpha value is -2.83. The Morgan fingerprint density at radius 2 is 2.06 bits per heavy atom. The van der Waals surface area contributed by atoms with Crippen LogP contribution in [0.25, 0.3) is 0 Å². The second-order valence-corrected chi connectivity index (χ2v) is 10.8. The van der Waals surface area contributed by atoms with Crippen LogP contribution in [0.4, 0.5) is 0 Å². The van der Waals surface area contributed by atoms with E-state index in [1.165, 1.54) is 0 Å². The van der Waals surface area contributed by atoms with E-state index in [2.05, 4.69) is 11.5 Å². The molecule has 6 heteroatoms. The van der Waals surface area contributed by atoms with Crippen molar-refractivity contribution < 1.29 is 19.7 Å². The van der Waals surface area contributed by atoms with Crippen LogP contribution in [0.15, 0.2) is 55.1 Å². The van der Waals surface area contributed by atoms with Crippen molar-refractivity contribution in [2.45, 2.75) is 67.7 Å². The summed E-state index contributed by atoms with van der Waals surface area (Å²) in [5, 5.41) is 23.3. The number of phenolic OH excluding ortho intramolecular Hbond substituents is 1. The van der Waals surface area contributed by atoms with Crippen LogP contribution >= 0.6 is 0 Å². The highest BCUT2D eigenvalue weighted by Crippen LogP contribution is 2.65. The zero-order chi connectivity index (χ0) is 24.5. The molecule has 2 aliphatic heterocycles. The lowest BCUT2D eigenvalue weighted by Crippen LogP contribution is -2.78. The molecule has 2 fully saturated rings. The van der Waals surface area contributed by atoms with Crippen molar-refractivity contribution in [3.8, 4) is 11.5 Å². The molecule has 1 spiro atoms. The monoisotopic (exact) mass is 474 g/mol. The van der Waals surface area contributed by atoms with Gasteiger partial charge in [0.1, 0.15) is 6.10 Å². The number of amides is 1. The zero-order valence-electron chi connectivity index (χ0n) is 20.5. The number of aromatic hydroxyl groups is 1. The SMILES string of the molecule is C=CCN1CC[C@]23c4c5ccc(O)c4O[C@H]2[C@H](N(C)C(=O)[C@@H](C)c2ccccc2)CC[C@@]3(O)[C@H]1C5. The number of likely N-dealkylation sites (tertiary alicyclic amines) is 1. The third kappa shape index (κ3) is 2.87. The van der Waals surface area contributed by atoms with Gasteiger partial charge < -0.3 is 19.8 Å². The van der Waals surface area contributed by atoms with Crippen LogP contribution in [-0.2, 0) is 16.6 Å². The average molecular weight is 475 g/mol. The van der Waals surface area contributed by atoms with Crippen molar-refractivity contribution in [3.63, 3.8) is 0 Å². The third-order valence-electron chi connectivity index (χ3n) is 9.42. The van der Waals surface area contributed by atoms with E-state index >= 15 is 0 Å². The molecule has 2 aromatic rings. The molecular formula is C29H34N2O4. The Morgan fingerprint density at radius 3 is 2.80 bits per heavy atom. The second-order valence-electron chi connectivity index (χ2n) is 10.8. The average Bonchev–Trinajstić information content (AvgIpc) is 3.22. The molecule has 4 aliphatic rings. The predicted octanol–water partition coefficient (Wildman–Crippen LogP) is 3.36. The molecule has 2 bridgehead atoms. The molecule has 6 rings (SSSR count). The van der Waals surface area contributed by atoms with E-state index < -0.39 is 17.1 Å². The Balaban J connectivity index is 1.42. The molecule has 184 valence electrons. The van der Waals surface area contributed by atoms with Crippen molar-refractivity contribution >= 4 is 5.91 Å². The van der Waals surface area contributed by atoms with Crippen molar-refractivity contribution in [1.82, 2.24) is 9.80 Å². The van der Waals surface area contributed by atoms with Crippen LogP contribution in [0.5, 0.6) is 11.5 Å². The number of carbonyl (C=O) groups is 1. The van der Waals surface area contributed by atoms with Crippen molar-refractivity contribution in [2.75, 3.05) is 20.1 Å². The summed E-state index contributed by atoms with van der Waals surface area (Å²) >= 11 is 0. The zero-order valence-corrected chi connectivity index (χ0v) is 20.5. The van der Waals surface area contributed by atoms with E-state index in [1.807, 2.05) is 61.3 Å². The summed E-state index contributed by atoms with van der Waals surface area (Å²) in [6.45, 7) is 7.43. The largest absolute Gasteiger partial charge is 0.504 e. The van der Waals surface area contributed by atoms with Crippen LogP contribution in [0.1, 0.15) is 48.8 Å². The van der Waals surface area contributed by atoms with Gasteiger partial charge in [0.25, 0.3) is 0 Å². The molecule has 2 N–H and O–H groups in total. The second kappa shape index (κ2) is 7.84. The van der Waals surface area contributed by atoms with Gasteiger partial charge in [0, 0.05) is 25.2 Å². The summed E-state index contributed by atoms with van der Waals surface area (Å²) < 4.78 is 6.60. The number of hydrogen-bond acceptors (Lipinski definition) is 5. The highest BCUT2D eigenvalue weighted by atomic mass is 16.5. The van der Waals surface area contributed by atoms with Gasteiger partial charge in [-0.3, -0.25) is 9.69 Å². The Morgan fingerprint density at radius 1 is 1.29 bits per heavy atom. The summed E-state index contributed by atoms with van der Waals surface area (Å²) in [5.74, 6) is 0.391. The van der Waals surface area contributed by atoms with Gasteiger partial charge in [0.15, 0.2) is 11.5 Å². The molecule has 1 amide bonds. The lowest BCUT2D eigenvalue weighted by Gasteiger charge is -2.64. The van der Waals surface area contributed by atoms with Crippen LogP contribution in [-0.4, -0.2) is 69.8 Å². The normalized spacial score (nSPS) is 33.4. The number of likely N-dealkylation sites (N-methyl/N-ethyl adjacent to an activating group) is 1. The smallest absolute Gasteiger partial charge is 0.229 e. The number of ether oxygens (including phenoxy) is 1. The van der Waals surface area contributed by atoms with Gasteiger partial charge in [-0.25, -0.2) is 0 Å². The molecule has 2 aromatic carbocycles. The fraction of sp³-hybridized carbons (Fsp3) is 0.483.